The first-order valence-electron chi connectivity index (χ1n) is 10.4. The number of hydrogen-bond acceptors (Lipinski definition) is 4. The summed E-state index contributed by atoms with van der Waals surface area (Å²) in [4.78, 5) is 4.80. The summed E-state index contributed by atoms with van der Waals surface area (Å²) in [6, 6.07) is 7.28. The van der Waals surface area contributed by atoms with Gasteiger partial charge in [0.15, 0.2) is 0 Å². The van der Waals surface area contributed by atoms with Crippen LogP contribution in [0.1, 0.15) is 37.2 Å². The normalized spacial score (nSPS) is 18.2. The summed E-state index contributed by atoms with van der Waals surface area (Å²) in [5, 5.41) is 14.1. The number of aliphatic hydroxyl groups is 1. The highest BCUT2D eigenvalue weighted by Crippen LogP contribution is 2.22. The Kier molecular flexibility index (Phi) is 7.22. The van der Waals surface area contributed by atoms with Gasteiger partial charge in [-0.25, -0.2) is 9.07 Å². The van der Waals surface area contributed by atoms with Crippen molar-refractivity contribution in [3.63, 3.8) is 0 Å². The zero-order valence-corrected chi connectivity index (χ0v) is 18.0. The molecule has 1 aliphatic rings. The van der Waals surface area contributed by atoms with Gasteiger partial charge in [0.05, 0.1) is 11.4 Å². The summed E-state index contributed by atoms with van der Waals surface area (Å²) < 4.78 is 16.0. The van der Waals surface area contributed by atoms with Crippen molar-refractivity contribution in [1.82, 2.24) is 19.6 Å². The summed E-state index contributed by atoms with van der Waals surface area (Å²) in [6.07, 6.45) is 2.99. The van der Waals surface area contributed by atoms with Crippen LogP contribution >= 0.6 is 0 Å². The lowest BCUT2D eigenvalue weighted by Crippen LogP contribution is -2.53. The van der Waals surface area contributed by atoms with Crippen molar-refractivity contribution in [2.75, 3.05) is 32.8 Å². The molecular formula is C23H33FN4O. The smallest absolute Gasteiger partial charge is 0.123 e. The summed E-state index contributed by atoms with van der Waals surface area (Å²) >= 11 is 0. The molecule has 0 bridgehead atoms. The van der Waals surface area contributed by atoms with Crippen molar-refractivity contribution < 1.29 is 9.50 Å². The van der Waals surface area contributed by atoms with Gasteiger partial charge < -0.3 is 5.11 Å². The van der Waals surface area contributed by atoms with Crippen molar-refractivity contribution in [2.24, 2.45) is 0 Å². The Morgan fingerprint density at radius 3 is 2.69 bits per heavy atom. The molecule has 1 fully saturated rings. The predicted octanol–water partition coefficient (Wildman–Crippen LogP) is 3.46. The molecule has 2 aromatic rings. The second-order valence-electron chi connectivity index (χ2n) is 8.29. The third-order valence-corrected chi connectivity index (χ3v) is 5.56. The van der Waals surface area contributed by atoms with Gasteiger partial charge in [0.2, 0.25) is 0 Å². The van der Waals surface area contributed by atoms with Crippen LogP contribution in [0.25, 0.3) is 5.69 Å². The van der Waals surface area contributed by atoms with Gasteiger partial charge in [-0.05, 0) is 63.9 Å². The molecule has 0 spiro atoms. The first-order valence-corrected chi connectivity index (χ1v) is 10.4. The van der Waals surface area contributed by atoms with E-state index in [9.17, 15) is 9.50 Å². The number of halogens is 1. The number of allylic oxidation sites excluding steroid dienone is 1. The first-order chi connectivity index (χ1) is 13.9. The molecule has 0 aliphatic carbocycles. The van der Waals surface area contributed by atoms with Crippen LogP contribution in [0.15, 0.2) is 35.9 Å². The molecule has 6 heteroatoms. The number of nitrogens with zero attached hydrogens (tertiary/aromatic N) is 4. The lowest BCUT2D eigenvalue weighted by Gasteiger charge is -2.41. The van der Waals surface area contributed by atoms with E-state index in [4.69, 9.17) is 0 Å². The van der Waals surface area contributed by atoms with E-state index in [1.54, 1.807) is 6.07 Å². The summed E-state index contributed by atoms with van der Waals surface area (Å²) in [5.74, 6) is -0.223. The second kappa shape index (κ2) is 9.65. The summed E-state index contributed by atoms with van der Waals surface area (Å²) in [6.45, 7) is 12.7. The lowest BCUT2D eigenvalue weighted by molar-refractivity contribution is 0.0636. The molecule has 0 unspecified atom stereocenters. The van der Waals surface area contributed by atoms with Crippen LogP contribution in [0.4, 0.5) is 4.39 Å². The number of piperazine rings is 1. The lowest BCUT2D eigenvalue weighted by atomic mass is 10.1. The molecule has 5 nitrogen and oxygen atoms in total. The molecule has 1 aliphatic heterocycles. The number of hydrogen-bond donors (Lipinski definition) is 1. The third-order valence-electron chi connectivity index (χ3n) is 5.56. The fourth-order valence-corrected chi connectivity index (χ4v) is 4.06. The number of benzene rings is 1. The van der Waals surface area contributed by atoms with Crippen LogP contribution in [0.2, 0.25) is 0 Å². The fourth-order valence-electron chi connectivity index (χ4n) is 4.06. The minimum atomic E-state index is -0.223. The molecule has 3 rings (SSSR count). The topological polar surface area (TPSA) is 44.5 Å². The van der Waals surface area contributed by atoms with Crippen LogP contribution in [0, 0.1) is 19.7 Å². The minimum absolute atomic E-state index is 0.181. The molecule has 2 heterocycles. The van der Waals surface area contributed by atoms with E-state index in [0.717, 1.165) is 55.2 Å². The Bertz CT molecular complexity index is 857. The maximum absolute atomic E-state index is 14.1. The van der Waals surface area contributed by atoms with E-state index in [1.165, 1.54) is 11.6 Å². The Labute approximate surface area is 173 Å². The number of rotatable bonds is 7. The molecule has 158 valence electrons. The zero-order chi connectivity index (χ0) is 21.0. The Morgan fingerprint density at radius 1 is 1.24 bits per heavy atom. The van der Waals surface area contributed by atoms with Crippen LogP contribution < -0.4 is 0 Å². The van der Waals surface area contributed by atoms with Crippen LogP contribution in [0.3, 0.4) is 0 Å². The second-order valence-corrected chi connectivity index (χ2v) is 8.29. The minimum Gasteiger partial charge on any atom is -0.396 e. The maximum atomic E-state index is 14.1. The van der Waals surface area contributed by atoms with Gasteiger partial charge in [-0.3, -0.25) is 9.80 Å². The van der Waals surface area contributed by atoms with Crippen LogP contribution in [-0.4, -0.2) is 63.5 Å². The standard InChI is InChI=1S/C23H33FN4O/c1-17(2)7-9-27-11-10-26(16-22(27)8-12-29)15-20-14-21(24)5-6-23(20)28-19(4)13-18(3)25-28/h5-7,13-14,22,29H,8-12,15-16H2,1-4H3/t22-/m1/s1. The number of aryl methyl sites for hydroxylation is 2. The molecule has 1 N–H and O–H groups in total. The molecule has 1 saturated heterocycles. The Morgan fingerprint density at radius 2 is 2.03 bits per heavy atom. The van der Waals surface area contributed by atoms with Crippen molar-refractivity contribution in [3.05, 3.63) is 58.7 Å². The van der Waals surface area contributed by atoms with Gasteiger partial charge >= 0.3 is 0 Å². The monoisotopic (exact) mass is 400 g/mol. The first kappa shape index (κ1) is 21.7. The van der Waals surface area contributed by atoms with Crippen LogP contribution in [0.5, 0.6) is 0 Å². The summed E-state index contributed by atoms with van der Waals surface area (Å²) in [7, 11) is 0. The molecular weight excluding hydrogens is 367 g/mol. The largest absolute Gasteiger partial charge is 0.396 e. The quantitative estimate of drug-likeness (QED) is 0.723. The zero-order valence-electron chi connectivity index (χ0n) is 18.0. The Balaban J connectivity index is 1.79. The average Bonchev–Trinajstić information content (AvgIpc) is 2.99. The molecule has 0 radical (unpaired) electrons. The van der Waals surface area contributed by atoms with Gasteiger partial charge in [0.25, 0.3) is 0 Å². The van der Waals surface area contributed by atoms with E-state index in [0.29, 0.717) is 12.6 Å². The molecule has 0 amide bonds. The van der Waals surface area contributed by atoms with E-state index in [2.05, 4.69) is 34.8 Å². The average molecular weight is 401 g/mol. The molecule has 1 atom stereocenters. The van der Waals surface area contributed by atoms with E-state index in [1.807, 2.05) is 30.7 Å². The number of aromatic nitrogens is 2. The third kappa shape index (κ3) is 5.53. The molecule has 0 saturated carbocycles. The van der Waals surface area contributed by atoms with E-state index < -0.39 is 0 Å². The number of aliphatic hydroxyl groups excluding tert-OH is 1. The van der Waals surface area contributed by atoms with Gasteiger partial charge in [0, 0.05) is 51.1 Å². The SMILES string of the molecule is CC(C)=CCN1CCN(Cc2cc(F)ccc2-n2nc(C)cc2C)C[C@H]1CCO. The van der Waals surface area contributed by atoms with E-state index in [-0.39, 0.29) is 12.4 Å². The fraction of sp³-hybridized carbons (Fsp3) is 0.522. The maximum Gasteiger partial charge on any atom is 0.123 e. The molecule has 1 aromatic heterocycles. The predicted molar refractivity (Wildman–Crippen MR) is 115 cm³/mol. The highest BCUT2D eigenvalue weighted by molar-refractivity contribution is 5.42. The summed E-state index contributed by atoms with van der Waals surface area (Å²) in [5.41, 5.74) is 5.18. The van der Waals surface area contributed by atoms with Gasteiger partial charge in [-0.1, -0.05) is 11.6 Å². The van der Waals surface area contributed by atoms with Gasteiger partial charge in [0.1, 0.15) is 5.82 Å². The molecule has 29 heavy (non-hydrogen) atoms. The molecule has 1 aromatic carbocycles. The highest BCUT2D eigenvalue weighted by atomic mass is 19.1. The Hall–Kier alpha value is -2.02. The van der Waals surface area contributed by atoms with Gasteiger partial charge in [-0.2, -0.15) is 5.10 Å². The van der Waals surface area contributed by atoms with E-state index >= 15 is 0 Å². The highest BCUT2D eigenvalue weighted by Gasteiger charge is 2.26. The van der Waals surface area contributed by atoms with Crippen molar-refractivity contribution >= 4 is 0 Å². The van der Waals surface area contributed by atoms with Gasteiger partial charge in [-0.15, -0.1) is 0 Å². The van der Waals surface area contributed by atoms with Crippen molar-refractivity contribution in [1.29, 1.82) is 0 Å². The van der Waals surface area contributed by atoms with Crippen LogP contribution in [-0.2, 0) is 6.54 Å². The van der Waals surface area contributed by atoms with Crippen molar-refractivity contribution in [2.45, 2.75) is 46.7 Å². The van der Waals surface area contributed by atoms with Crippen molar-refractivity contribution in [3.8, 4) is 5.69 Å².